The number of carbonyl (C=O) groups is 3. The van der Waals surface area contributed by atoms with E-state index in [9.17, 15) is 27.6 Å². The van der Waals surface area contributed by atoms with E-state index in [0.717, 1.165) is 18.2 Å². The lowest BCUT2D eigenvalue weighted by atomic mass is 10.2. The largest absolute Gasteiger partial charge is 0.468 e. The van der Waals surface area contributed by atoms with E-state index in [1.165, 1.54) is 37.6 Å². The van der Waals surface area contributed by atoms with E-state index in [1.807, 2.05) is 0 Å². The van der Waals surface area contributed by atoms with Crippen LogP contribution in [-0.4, -0.2) is 36.4 Å². The Morgan fingerprint density at radius 1 is 1.05 bits per heavy atom. The quantitative estimate of drug-likeness (QED) is 0.308. The molecule has 0 unspecified atom stereocenters. The fourth-order valence-corrected chi connectivity index (χ4v) is 3.13. The number of hydrogen-bond donors (Lipinski definition) is 2. The minimum absolute atomic E-state index is 0.0185. The van der Waals surface area contributed by atoms with Gasteiger partial charge >= 0.3 is 12.1 Å². The lowest BCUT2D eigenvalue weighted by Crippen LogP contribution is -2.30. The summed E-state index contributed by atoms with van der Waals surface area (Å²) >= 11 is 5.59. The number of rotatable bonds is 8. The number of alkyl halides is 3. The summed E-state index contributed by atoms with van der Waals surface area (Å²) in [4.78, 5) is 39.5. The average molecular weight is 534 g/mol. The van der Waals surface area contributed by atoms with Crippen LogP contribution in [0.15, 0.2) is 66.9 Å². The molecule has 192 valence electrons. The minimum Gasteiger partial charge on any atom is -0.468 e. The highest BCUT2D eigenvalue weighted by Gasteiger charge is 2.33. The second-order valence-corrected chi connectivity index (χ2v) is 7.73. The lowest BCUT2D eigenvalue weighted by Gasteiger charge is -2.11. The Morgan fingerprint density at radius 3 is 2.54 bits per heavy atom. The normalized spacial score (nSPS) is 11.2. The summed E-state index contributed by atoms with van der Waals surface area (Å²) in [5.41, 5.74) is -0.538. The molecule has 0 saturated heterocycles. The van der Waals surface area contributed by atoms with Crippen LogP contribution < -0.4 is 15.4 Å². The van der Waals surface area contributed by atoms with Crippen LogP contribution in [0, 0.1) is 0 Å². The Balaban J connectivity index is 1.65. The summed E-state index contributed by atoms with van der Waals surface area (Å²) in [6, 6.07) is 12.5. The van der Waals surface area contributed by atoms with Crippen molar-refractivity contribution in [2.75, 3.05) is 19.0 Å². The molecule has 0 aliphatic carbocycles. The van der Waals surface area contributed by atoms with Crippen molar-refractivity contribution in [2.45, 2.75) is 6.18 Å². The molecule has 8 nitrogen and oxygen atoms in total. The van der Waals surface area contributed by atoms with Crippen molar-refractivity contribution in [3.8, 4) is 11.5 Å². The number of ether oxygens (including phenoxy) is 2. The Hall–Kier alpha value is -4.38. The second kappa shape index (κ2) is 12.0. The van der Waals surface area contributed by atoms with Gasteiger partial charge in [0.15, 0.2) is 0 Å². The number of halogens is 4. The zero-order chi connectivity index (χ0) is 27.0. The number of nitrogens with one attached hydrogen (secondary N) is 2. The number of methoxy groups -OCH3 is 1. The molecule has 1 aromatic heterocycles. The molecule has 0 spiro atoms. The molecule has 0 aliphatic rings. The van der Waals surface area contributed by atoms with Gasteiger partial charge in [-0.2, -0.15) is 13.2 Å². The van der Waals surface area contributed by atoms with Crippen LogP contribution in [0.1, 0.15) is 21.6 Å². The van der Waals surface area contributed by atoms with Gasteiger partial charge in [-0.15, -0.1) is 0 Å². The van der Waals surface area contributed by atoms with E-state index in [2.05, 4.69) is 20.4 Å². The number of anilines is 1. The van der Waals surface area contributed by atoms with Gasteiger partial charge in [-0.25, -0.2) is 0 Å². The van der Waals surface area contributed by atoms with Crippen LogP contribution in [0.25, 0.3) is 6.08 Å². The van der Waals surface area contributed by atoms with E-state index >= 15 is 0 Å². The van der Waals surface area contributed by atoms with Crippen molar-refractivity contribution in [3.63, 3.8) is 0 Å². The van der Waals surface area contributed by atoms with E-state index in [4.69, 9.17) is 16.3 Å². The monoisotopic (exact) mass is 533 g/mol. The Labute approximate surface area is 214 Å². The summed E-state index contributed by atoms with van der Waals surface area (Å²) < 4.78 is 49.2. The first-order valence-corrected chi connectivity index (χ1v) is 10.9. The van der Waals surface area contributed by atoms with Gasteiger partial charge in [-0.05, 0) is 48.0 Å². The molecule has 0 radical (unpaired) electrons. The van der Waals surface area contributed by atoms with Crippen LogP contribution in [-0.2, 0) is 20.5 Å². The van der Waals surface area contributed by atoms with Gasteiger partial charge in [-0.1, -0.05) is 23.7 Å². The summed E-state index contributed by atoms with van der Waals surface area (Å²) in [7, 11) is 1.20. The van der Waals surface area contributed by atoms with Crippen LogP contribution in [0.2, 0.25) is 5.02 Å². The van der Waals surface area contributed by atoms with E-state index < -0.39 is 34.5 Å². The number of esters is 1. The Bertz CT molecular complexity index is 1350. The third-order valence-corrected chi connectivity index (χ3v) is 4.97. The molecule has 0 saturated carbocycles. The van der Waals surface area contributed by atoms with Crippen LogP contribution >= 0.6 is 11.6 Å². The maximum absolute atomic E-state index is 13.0. The maximum atomic E-state index is 13.0. The zero-order valence-corrected chi connectivity index (χ0v) is 19.9. The first-order valence-electron chi connectivity index (χ1n) is 10.5. The van der Waals surface area contributed by atoms with Gasteiger partial charge in [0, 0.05) is 24.0 Å². The summed E-state index contributed by atoms with van der Waals surface area (Å²) in [6.07, 6.45) is -0.702. The standard InChI is InChI=1S/C25H19ClF3N3O5/c1-36-23(34)14-31-24(35)21-13-18(9-10-30-21)37-17-4-2-3-15(11-17)5-8-22(33)32-16-6-7-20(26)19(12-16)25(27,28)29/h2-13H,14H2,1H3,(H,31,35)(H,32,33)/b8-5+. The number of hydrogen-bond acceptors (Lipinski definition) is 6. The van der Waals surface area contributed by atoms with E-state index in [-0.39, 0.29) is 17.9 Å². The summed E-state index contributed by atoms with van der Waals surface area (Å²) in [6.45, 7) is -0.314. The van der Waals surface area contributed by atoms with Crippen LogP contribution in [0.4, 0.5) is 18.9 Å². The predicted molar refractivity (Wildman–Crippen MR) is 129 cm³/mol. The molecule has 2 aromatic carbocycles. The molecule has 0 atom stereocenters. The van der Waals surface area contributed by atoms with Crippen molar-refractivity contribution in [2.24, 2.45) is 0 Å². The highest BCUT2D eigenvalue weighted by atomic mass is 35.5. The van der Waals surface area contributed by atoms with Gasteiger partial charge in [0.05, 0.1) is 17.7 Å². The van der Waals surface area contributed by atoms with Crippen LogP contribution in [0.3, 0.4) is 0 Å². The highest BCUT2D eigenvalue weighted by molar-refractivity contribution is 6.31. The van der Waals surface area contributed by atoms with Gasteiger partial charge < -0.3 is 20.1 Å². The molecule has 0 aliphatic heterocycles. The molecule has 2 N–H and O–H groups in total. The van der Waals surface area contributed by atoms with E-state index in [0.29, 0.717) is 17.1 Å². The Morgan fingerprint density at radius 2 is 1.81 bits per heavy atom. The lowest BCUT2D eigenvalue weighted by molar-refractivity contribution is -0.139. The minimum atomic E-state index is -4.66. The molecule has 3 aromatic rings. The summed E-state index contributed by atoms with van der Waals surface area (Å²) in [5, 5.41) is 4.25. The molecule has 0 fully saturated rings. The maximum Gasteiger partial charge on any atom is 0.417 e. The fourth-order valence-electron chi connectivity index (χ4n) is 2.91. The van der Waals surface area contributed by atoms with Crippen molar-refractivity contribution in [1.82, 2.24) is 10.3 Å². The number of benzene rings is 2. The molecule has 2 amide bonds. The van der Waals surface area contributed by atoms with Gasteiger partial charge in [-0.3, -0.25) is 19.4 Å². The van der Waals surface area contributed by atoms with Gasteiger partial charge in [0.1, 0.15) is 23.7 Å². The number of amides is 2. The zero-order valence-electron chi connectivity index (χ0n) is 19.1. The molecule has 12 heteroatoms. The van der Waals surface area contributed by atoms with Gasteiger partial charge in [0.25, 0.3) is 5.91 Å². The molecule has 1 heterocycles. The molecule has 37 heavy (non-hydrogen) atoms. The number of carbonyl (C=O) groups excluding carboxylic acids is 3. The van der Waals surface area contributed by atoms with Crippen molar-refractivity contribution < 1.29 is 37.0 Å². The van der Waals surface area contributed by atoms with Crippen molar-refractivity contribution in [3.05, 3.63) is 88.7 Å². The van der Waals surface area contributed by atoms with Crippen LogP contribution in [0.5, 0.6) is 11.5 Å². The van der Waals surface area contributed by atoms with Crippen molar-refractivity contribution in [1.29, 1.82) is 0 Å². The Kier molecular flexibility index (Phi) is 8.86. The molecular weight excluding hydrogens is 515 g/mol. The first kappa shape index (κ1) is 27.2. The van der Waals surface area contributed by atoms with Gasteiger partial charge in [0.2, 0.25) is 5.91 Å². The predicted octanol–water partition coefficient (Wildman–Crippen LogP) is 5.10. The molecule has 0 bridgehead atoms. The van der Waals surface area contributed by atoms with Crippen molar-refractivity contribution >= 4 is 41.1 Å². The summed E-state index contributed by atoms with van der Waals surface area (Å²) in [5.74, 6) is -1.19. The third-order valence-electron chi connectivity index (χ3n) is 4.65. The second-order valence-electron chi connectivity index (χ2n) is 7.33. The highest BCUT2D eigenvalue weighted by Crippen LogP contribution is 2.36. The molecule has 3 rings (SSSR count). The topological polar surface area (TPSA) is 107 Å². The third kappa shape index (κ3) is 8.07. The number of aromatic nitrogens is 1. The fraction of sp³-hybridized carbons (Fsp3) is 0.120. The first-order chi connectivity index (χ1) is 17.5. The molecular formula is C25H19ClF3N3O5. The van der Waals surface area contributed by atoms with E-state index in [1.54, 1.807) is 24.3 Å². The SMILES string of the molecule is COC(=O)CNC(=O)c1cc(Oc2cccc(/C=C/C(=O)Nc3ccc(Cl)c(C(F)(F)F)c3)c2)ccn1. The smallest absolute Gasteiger partial charge is 0.417 e. The number of pyridine rings is 1. The average Bonchev–Trinajstić information content (AvgIpc) is 2.86. The number of nitrogens with zero attached hydrogens (tertiary/aromatic N) is 1.